The van der Waals surface area contributed by atoms with E-state index in [1.807, 2.05) is 0 Å². The molecule has 0 aromatic rings. The van der Waals surface area contributed by atoms with Gasteiger partial charge in [0.15, 0.2) is 0 Å². The molecule has 0 aromatic heterocycles. The van der Waals surface area contributed by atoms with Crippen LogP contribution in [0, 0.1) is 0 Å². The maximum Gasteiger partial charge on any atom is 3.00 e. The summed E-state index contributed by atoms with van der Waals surface area (Å²) in [5.74, 6) is -4.74. The van der Waals surface area contributed by atoms with Gasteiger partial charge in [0.1, 0.15) is 0 Å². The molecule has 0 aliphatic carbocycles. The largest absolute Gasteiger partial charge is 3.00 e. The minimum atomic E-state index is -1.25. The number of carbonyl (C=O) groups excluding carboxylic acids is 6. The molecular formula is C15H15N3O9Y-3. The van der Waals surface area contributed by atoms with Crippen molar-refractivity contribution in [3.05, 3.63) is 16.0 Å². The summed E-state index contributed by atoms with van der Waals surface area (Å²) in [6.45, 7) is 0. The molecular weight excluding hydrogens is 455 g/mol. The molecule has 0 saturated carbocycles. The SMILES string of the molecule is O=C1CCC(C(=O)[O-])[N-]1.O=C1CCC(C(=O)[O-])[N-]1.O=C1CCC(C(=O)[O-])[N-]1.[Y+3]. The van der Waals surface area contributed by atoms with Crippen LogP contribution in [0.5, 0.6) is 0 Å². The molecule has 3 saturated heterocycles. The Bertz CT molecular complexity index is 555. The second-order valence-electron chi connectivity index (χ2n) is 5.69. The molecule has 0 aromatic carbocycles. The van der Waals surface area contributed by atoms with Crippen LogP contribution >= 0.6 is 0 Å². The average Bonchev–Trinajstić information content (AvgIpc) is 3.30. The van der Waals surface area contributed by atoms with Crippen LogP contribution in [0.4, 0.5) is 0 Å². The number of hydrogen-bond acceptors (Lipinski definition) is 9. The van der Waals surface area contributed by atoms with E-state index >= 15 is 0 Å². The molecule has 3 fully saturated rings. The van der Waals surface area contributed by atoms with E-state index < -0.39 is 36.0 Å². The summed E-state index contributed by atoms with van der Waals surface area (Å²) >= 11 is 0. The van der Waals surface area contributed by atoms with E-state index in [0.29, 0.717) is 19.3 Å². The van der Waals surface area contributed by atoms with Crippen molar-refractivity contribution in [3.8, 4) is 0 Å². The molecule has 0 spiro atoms. The normalized spacial score (nSPS) is 24.9. The van der Waals surface area contributed by atoms with Gasteiger partial charge < -0.3 is 60.0 Å². The summed E-state index contributed by atoms with van der Waals surface area (Å²) in [6.07, 6.45) is 1.67. The van der Waals surface area contributed by atoms with Crippen LogP contribution in [0.3, 0.4) is 0 Å². The second-order valence-corrected chi connectivity index (χ2v) is 5.69. The van der Waals surface area contributed by atoms with Crippen LogP contribution in [0.25, 0.3) is 16.0 Å². The van der Waals surface area contributed by atoms with Crippen molar-refractivity contribution in [2.24, 2.45) is 0 Å². The molecule has 3 unspecified atom stereocenters. The first-order chi connectivity index (χ1) is 12.6. The zero-order valence-electron chi connectivity index (χ0n) is 14.6. The van der Waals surface area contributed by atoms with Crippen LogP contribution in [0.15, 0.2) is 0 Å². The van der Waals surface area contributed by atoms with Gasteiger partial charge in [0.2, 0.25) is 0 Å². The van der Waals surface area contributed by atoms with Crippen LogP contribution in [0.1, 0.15) is 38.5 Å². The Hall–Kier alpha value is -2.08. The van der Waals surface area contributed by atoms with Gasteiger partial charge in [0.25, 0.3) is 0 Å². The second kappa shape index (κ2) is 12.4. The van der Waals surface area contributed by atoms with Gasteiger partial charge in [-0.2, -0.15) is 0 Å². The van der Waals surface area contributed by atoms with Gasteiger partial charge in [0.05, 0.1) is 17.7 Å². The molecule has 3 heterocycles. The molecule has 3 aliphatic rings. The van der Waals surface area contributed by atoms with E-state index in [0.717, 1.165) is 0 Å². The number of nitrogens with zero attached hydrogens (tertiary/aromatic N) is 3. The van der Waals surface area contributed by atoms with Crippen molar-refractivity contribution < 1.29 is 76.8 Å². The Balaban J connectivity index is 0.000000384. The van der Waals surface area contributed by atoms with Gasteiger partial charge >= 0.3 is 32.7 Å². The van der Waals surface area contributed by atoms with Crippen molar-refractivity contribution in [1.29, 1.82) is 0 Å². The number of amides is 3. The van der Waals surface area contributed by atoms with Crippen molar-refractivity contribution in [2.75, 3.05) is 0 Å². The summed E-state index contributed by atoms with van der Waals surface area (Å²) in [7, 11) is 0. The van der Waals surface area contributed by atoms with Crippen LogP contribution in [-0.2, 0) is 61.5 Å². The van der Waals surface area contributed by atoms with Crippen molar-refractivity contribution in [1.82, 2.24) is 0 Å². The third-order valence-corrected chi connectivity index (χ3v) is 3.61. The van der Waals surface area contributed by atoms with E-state index in [1.54, 1.807) is 0 Å². The maximum atomic E-state index is 10.3. The summed E-state index contributed by atoms with van der Waals surface area (Å²) < 4.78 is 0. The average molecular weight is 470 g/mol. The van der Waals surface area contributed by atoms with Crippen molar-refractivity contribution in [3.63, 3.8) is 0 Å². The predicted octanol–water partition coefficient (Wildman–Crippen LogP) is -3.61. The summed E-state index contributed by atoms with van der Waals surface area (Å²) in [6, 6.07) is -2.63. The fourth-order valence-corrected chi connectivity index (χ4v) is 2.20. The van der Waals surface area contributed by atoms with Gasteiger partial charge in [-0.3, -0.25) is 0 Å². The van der Waals surface area contributed by atoms with Gasteiger partial charge in [-0.1, -0.05) is 37.4 Å². The minimum absolute atomic E-state index is 0. The van der Waals surface area contributed by atoms with E-state index in [2.05, 4.69) is 16.0 Å². The number of hydrogen-bond donors (Lipinski definition) is 0. The molecule has 3 amide bonds. The third kappa shape index (κ3) is 9.22. The fourth-order valence-electron chi connectivity index (χ4n) is 2.20. The number of carbonyl (C=O) groups is 6. The summed E-state index contributed by atoms with van der Waals surface area (Å²) in [5, 5.41) is 39.8. The molecule has 0 bridgehead atoms. The molecule has 150 valence electrons. The van der Waals surface area contributed by atoms with Crippen LogP contribution in [-0.4, -0.2) is 53.8 Å². The molecule has 12 nitrogen and oxygen atoms in total. The topological polar surface area (TPSA) is 214 Å². The Kier molecular flexibility index (Phi) is 11.5. The van der Waals surface area contributed by atoms with Crippen LogP contribution in [0.2, 0.25) is 0 Å². The standard InChI is InChI=1S/3C5H7NO3.Y/c3*7-4-2-1-3(6-4)5(8)9;/h3*3H,1-2H2,(H2,6,7,8,9);/q;;;+3/p-6. The Morgan fingerprint density at radius 1 is 0.607 bits per heavy atom. The number of carboxylic acid groups (broad SMARTS) is 3. The number of rotatable bonds is 3. The molecule has 13 heteroatoms. The zero-order chi connectivity index (χ0) is 20.6. The van der Waals surface area contributed by atoms with Crippen molar-refractivity contribution in [2.45, 2.75) is 56.7 Å². The fraction of sp³-hybridized carbons (Fsp3) is 0.600. The smallest absolute Gasteiger partial charge is 0.646 e. The third-order valence-electron chi connectivity index (χ3n) is 3.61. The zero-order valence-corrected chi connectivity index (χ0v) is 17.4. The van der Waals surface area contributed by atoms with E-state index in [4.69, 9.17) is 0 Å². The molecule has 28 heavy (non-hydrogen) atoms. The van der Waals surface area contributed by atoms with Crippen LogP contribution < -0.4 is 15.3 Å². The first kappa shape index (κ1) is 25.9. The predicted molar refractivity (Wildman–Crippen MR) is 79.2 cm³/mol. The first-order valence-corrected chi connectivity index (χ1v) is 7.93. The molecule has 3 atom stereocenters. The number of aliphatic carboxylic acids is 3. The minimum Gasteiger partial charge on any atom is -0.646 e. The number of carboxylic acids is 3. The molecule has 3 aliphatic heterocycles. The van der Waals surface area contributed by atoms with Crippen molar-refractivity contribution >= 4 is 35.6 Å². The Morgan fingerprint density at radius 3 is 0.893 bits per heavy atom. The van der Waals surface area contributed by atoms with E-state index in [1.165, 1.54) is 0 Å². The maximum absolute atomic E-state index is 10.3. The van der Waals surface area contributed by atoms with E-state index in [-0.39, 0.29) is 69.7 Å². The summed E-state index contributed by atoms with van der Waals surface area (Å²) in [5.41, 5.74) is 0. The monoisotopic (exact) mass is 470 g/mol. The quantitative estimate of drug-likeness (QED) is 0.398. The summed E-state index contributed by atoms with van der Waals surface area (Å²) in [4.78, 5) is 60.9. The van der Waals surface area contributed by atoms with E-state index in [9.17, 15) is 44.1 Å². The Morgan fingerprint density at radius 2 is 0.821 bits per heavy atom. The molecule has 0 radical (unpaired) electrons. The molecule has 3 rings (SSSR count). The van der Waals surface area contributed by atoms with Gasteiger partial charge in [0, 0.05) is 17.9 Å². The van der Waals surface area contributed by atoms with Gasteiger partial charge in [-0.05, 0) is 19.3 Å². The van der Waals surface area contributed by atoms with Gasteiger partial charge in [-0.15, -0.1) is 0 Å². The Labute approximate surface area is 184 Å². The van der Waals surface area contributed by atoms with Gasteiger partial charge in [-0.25, -0.2) is 0 Å². The molecule has 0 N–H and O–H groups in total. The first-order valence-electron chi connectivity index (χ1n) is 7.93.